The zero-order valence-corrected chi connectivity index (χ0v) is 13.3. The van der Waals surface area contributed by atoms with Gasteiger partial charge in [-0.05, 0) is 49.7 Å². The lowest BCUT2D eigenvalue weighted by Gasteiger charge is -2.51. The monoisotopic (exact) mass is 334 g/mol. The zero-order chi connectivity index (χ0) is 16.9. The SMILES string of the molecule is O=C1CC[C@H](NC(=O)[C@@H]2C[C@@H]2c2cccc(F)c2F)C2(CCC2)N1. The van der Waals surface area contributed by atoms with Crippen LogP contribution in [0.15, 0.2) is 18.2 Å². The first-order valence-electron chi connectivity index (χ1n) is 8.55. The van der Waals surface area contributed by atoms with Crippen molar-refractivity contribution in [2.75, 3.05) is 0 Å². The molecule has 2 saturated carbocycles. The first-order valence-corrected chi connectivity index (χ1v) is 8.55. The summed E-state index contributed by atoms with van der Waals surface area (Å²) in [7, 11) is 0. The molecule has 1 aromatic carbocycles. The average molecular weight is 334 g/mol. The predicted molar refractivity (Wildman–Crippen MR) is 83.1 cm³/mol. The first kappa shape index (κ1) is 15.5. The molecule has 1 aliphatic heterocycles. The van der Waals surface area contributed by atoms with Gasteiger partial charge in [-0.25, -0.2) is 8.78 Å². The highest BCUT2D eigenvalue weighted by Gasteiger charge is 2.51. The van der Waals surface area contributed by atoms with Gasteiger partial charge in [0.05, 0.1) is 11.6 Å². The van der Waals surface area contributed by atoms with Crippen molar-refractivity contribution in [3.63, 3.8) is 0 Å². The van der Waals surface area contributed by atoms with Crippen LogP contribution in [-0.2, 0) is 9.59 Å². The highest BCUT2D eigenvalue weighted by Crippen LogP contribution is 2.49. The molecule has 24 heavy (non-hydrogen) atoms. The number of halogens is 2. The lowest BCUT2D eigenvalue weighted by Crippen LogP contribution is -2.68. The molecule has 128 valence electrons. The second-order valence-electron chi connectivity index (χ2n) is 7.25. The lowest BCUT2D eigenvalue weighted by atomic mass is 9.68. The van der Waals surface area contributed by atoms with E-state index in [0.717, 1.165) is 25.3 Å². The zero-order valence-electron chi connectivity index (χ0n) is 13.3. The highest BCUT2D eigenvalue weighted by atomic mass is 19.2. The molecule has 3 aliphatic rings. The van der Waals surface area contributed by atoms with E-state index in [-0.39, 0.29) is 40.8 Å². The smallest absolute Gasteiger partial charge is 0.224 e. The van der Waals surface area contributed by atoms with E-state index in [4.69, 9.17) is 0 Å². The molecule has 2 N–H and O–H groups in total. The quantitative estimate of drug-likeness (QED) is 0.892. The maximum Gasteiger partial charge on any atom is 0.224 e. The summed E-state index contributed by atoms with van der Waals surface area (Å²) < 4.78 is 27.2. The van der Waals surface area contributed by atoms with Crippen LogP contribution in [-0.4, -0.2) is 23.4 Å². The summed E-state index contributed by atoms with van der Waals surface area (Å²) in [6, 6.07) is 4.04. The van der Waals surface area contributed by atoms with Gasteiger partial charge in [-0.2, -0.15) is 0 Å². The summed E-state index contributed by atoms with van der Waals surface area (Å²) in [4.78, 5) is 24.2. The summed E-state index contributed by atoms with van der Waals surface area (Å²) in [6.45, 7) is 0. The minimum Gasteiger partial charge on any atom is -0.351 e. The third-order valence-corrected chi connectivity index (χ3v) is 5.79. The molecular weight excluding hydrogens is 314 g/mol. The van der Waals surface area contributed by atoms with Gasteiger partial charge in [0, 0.05) is 12.3 Å². The Morgan fingerprint density at radius 1 is 1.29 bits per heavy atom. The molecule has 1 saturated heterocycles. The van der Waals surface area contributed by atoms with E-state index in [1.807, 2.05) is 0 Å². The van der Waals surface area contributed by atoms with Gasteiger partial charge in [-0.1, -0.05) is 12.1 Å². The van der Waals surface area contributed by atoms with E-state index in [9.17, 15) is 18.4 Å². The summed E-state index contributed by atoms with van der Waals surface area (Å²) in [5.74, 6) is -2.35. The number of hydrogen-bond donors (Lipinski definition) is 2. The van der Waals surface area contributed by atoms with Gasteiger partial charge in [0.25, 0.3) is 0 Å². The van der Waals surface area contributed by atoms with Crippen molar-refractivity contribution in [1.29, 1.82) is 0 Å². The van der Waals surface area contributed by atoms with Crippen LogP contribution in [0.4, 0.5) is 8.78 Å². The molecule has 1 aromatic rings. The fourth-order valence-corrected chi connectivity index (χ4v) is 4.13. The maximum absolute atomic E-state index is 13.9. The number of hydrogen-bond acceptors (Lipinski definition) is 2. The van der Waals surface area contributed by atoms with Crippen molar-refractivity contribution < 1.29 is 18.4 Å². The van der Waals surface area contributed by atoms with Gasteiger partial charge < -0.3 is 10.6 Å². The van der Waals surface area contributed by atoms with Crippen LogP contribution in [0.1, 0.15) is 50.0 Å². The Kier molecular flexibility index (Phi) is 3.58. The Hall–Kier alpha value is -1.98. The molecule has 1 heterocycles. The summed E-state index contributed by atoms with van der Waals surface area (Å²) >= 11 is 0. The number of piperidine rings is 1. The fraction of sp³-hybridized carbons (Fsp3) is 0.556. The minimum absolute atomic E-state index is 0.0475. The molecule has 4 rings (SSSR count). The van der Waals surface area contributed by atoms with E-state index >= 15 is 0 Å². The van der Waals surface area contributed by atoms with Gasteiger partial charge in [0.1, 0.15) is 0 Å². The molecular formula is C18H20F2N2O2. The average Bonchev–Trinajstić information content (AvgIpc) is 3.30. The largest absolute Gasteiger partial charge is 0.351 e. The lowest BCUT2D eigenvalue weighted by molar-refractivity contribution is -0.132. The third kappa shape index (κ3) is 2.48. The van der Waals surface area contributed by atoms with Gasteiger partial charge in [-0.3, -0.25) is 9.59 Å². The Morgan fingerprint density at radius 2 is 2.08 bits per heavy atom. The van der Waals surface area contributed by atoms with Gasteiger partial charge in [0.15, 0.2) is 11.6 Å². The molecule has 1 spiro atoms. The van der Waals surface area contributed by atoms with Crippen molar-refractivity contribution in [3.8, 4) is 0 Å². The molecule has 0 radical (unpaired) electrons. The number of nitrogens with one attached hydrogen (secondary N) is 2. The van der Waals surface area contributed by atoms with E-state index < -0.39 is 11.6 Å². The molecule has 0 unspecified atom stereocenters. The summed E-state index contributed by atoms with van der Waals surface area (Å²) in [5.41, 5.74) is -0.00935. The van der Waals surface area contributed by atoms with Gasteiger partial charge >= 0.3 is 0 Å². The Bertz CT molecular complexity index is 702. The van der Waals surface area contributed by atoms with Crippen LogP contribution >= 0.6 is 0 Å². The molecule has 2 amide bonds. The predicted octanol–water partition coefficient (Wildman–Crippen LogP) is 2.39. The van der Waals surface area contributed by atoms with Crippen LogP contribution in [0.25, 0.3) is 0 Å². The van der Waals surface area contributed by atoms with Crippen LogP contribution in [0, 0.1) is 17.6 Å². The molecule has 4 nitrogen and oxygen atoms in total. The normalized spacial score (nSPS) is 30.4. The minimum atomic E-state index is -0.873. The van der Waals surface area contributed by atoms with Crippen molar-refractivity contribution in [2.45, 2.75) is 56.0 Å². The number of amides is 2. The Labute approximate surface area is 139 Å². The number of rotatable bonds is 3. The van der Waals surface area contributed by atoms with Crippen molar-refractivity contribution in [2.24, 2.45) is 5.92 Å². The van der Waals surface area contributed by atoms with Crippen LogP contribution in [0.2, 0.25) is 0 Å². The van der Waals surface area contributed by atoms with E-state index in [1.165, 1.54) is 6.07 Å². The van der Waals surface area contributed by atoms with Crippen molar-refractivity contribution in [1.82, 2.24) is 10.6 Å². The van der Waals surface area contributed by atoms with E-state index in [2.05, 4.69) is 10.6 Å². The molecule has 0 aromatic heterocycles. The van der Waals surface area contributed by atoms with Crippen LogP contribution in [0.3, 0.4) is 0 Å². The second kappa shape index (κ2) is 5.53. The fourth-order valence-electron chi connectivity index (χ4n) is 4.13. The van der Waals surface area contributed by atoms with Gasteiger partial charge in [-0.15, -0.1) is 0 Å². The number of benzene rings is 1. The first-order chi connectivity index (χ1) is 11.5. The standard InChI is InChI=1S/C18H20F2N2O2/c19-13-4-1-3-10(16(13)20)11-9-12(11)17(24)21-14-5-6-15(23)22-18(14)7-2-8-18/h1,3-4,11-12,14H,2,5-9H2,(H,21,24)(H,22,23)/t11-,12-,14+/m1/s1. The molecule has 3 atom stereocenters. The maximum atomic E-state index is 13.9. The highest BCUT2D eigenvalue weighted by molar-refractivity contribution is 5.84. The Morgan fingerprint density at radius 3 is 2.79 bits per heavy atom. The van der Waals surface area contributed by atoms with E-state index in [1.54, 1.807) is 6.07 Å². The third-order valence-electron chi connectivity index (χ3n) is 5.79. The summed E-state index contributed by atoms with van der Waals surface area (Å²) in [6.07, 6.45) is 4.42. The van der Waals surface area contributed by atoms with Gasteiger partial charge in [0.2, 0.25) is 11.8 Å². The second-order valence-corrected chi connectivity index (χ2v) is 7.25. The van der Waals surface area contributed by atoms with Crippen molar-refractivity contribution in [3.05, 3.63) is 35.4 Å². The van der Waals surface area contributed by atoms with Crippen molar-refractivity contribution >= 4 is 11.8 Å². The van der Waals surface area contributed by atoms with E-state index in [0.29, 0.717) is 19.3 Å². The topological polar surface area (TPSA) is 58.2 Å². The molecule has 0 bridgehead atoms. The molecule has 2 aliphatic carbocycles. The van der Waals surface area contributed by atoms with Crippen LogP contribution in [0.5, 0.6) is 0 Å². The number of carbonyl (C=O) groups is 2. The summed E-state index contributed by atoms with van der Waals surface area (Å²) in [5, 5.41) is 6.10. The Balaban J connectivity index is 1.43. The van der Waals surface area contributed by atoms with Crippen LogP contribution < -0.4 is 10.6 Å². The molecule has 6 heteroatoms. The molecule has 3 fully saturated rings. The number of carbonyl (C=O) groups excluding carboxylic acids is 2.